The molecule has 1 aromatic carbocycles. The van der Waals surface area contributed by atoms with Gasteiger partial charge in [-0.2, -0.15) is 0 Å². The van der Waals surface area contributed by atoms with Gasteiger partial charge in [-0.05, 0) is 48.1 Å². The lowest BCUT2D eigenvalue weighted by Gasteiger charge is -2.23. The minimum atomic E-state index is -0.921. The summed E-state index contributed by atoms with van der Waals surface area (Å²) in [5.41, 5.74) is -0.350. The van der Waals surface area contributed by atoms with E-state index in [0.29, 0.717) is 12.0 Å². The second-order valence-corrected chi connectivity index (χ2v) is 5.54. The van der Waals surface area contributed by atoms with E-state index < -0.39 is 11.4 Å². The number of amides is 1. The molecule has 98 valence electrons. The van der Waals surface area contributed by atoms with Gasteiger partial charge >= 0.3 is 5.97 Å². The molecule has 0 fully saturated rings. The molecular formula is C13H16INO3. The molecule has 0 spiro atoms. The van der Waals surface area contributed by atoms with Gasteiger partial charge in [0.05, 0.1) is 11.0 Å². The van der Waals surface area contributed by atoms with Crippen molar-refractivity contribution in [2.75, 3.05) is 6.54 Å². The predicted molar refractivity (Wildman–Crippen MR) is 77.5 cm³/mol. The lowest BCUT2D eigenvalue weighted by Crippen LogP contribution is -2.40. The van der Waals surface area contributed by atoms with E-state index in [1.165, 1.54) is 0 Å². The van der Waals surface area contributed by atoms with E-state index in [0.717, 1.165) is 3.57 Å². The number of halogens is 1. The summed E-state index contributed by atoms with van der Waals surface area (Å²) >= 11 is 2.08. The summed E-state index contributed by atoms with van der Waals surface area (Å²) < 4.78 is 0.848. The Labute approximate surface area is 120 Å². The zero-order valence-corrected chi connectivity index (χ0v) is 12.5. The Bertz CT molecular complexity index is 461. The van der Waals surface area contributed by atoms with Crippen molar-refractivity contribution in [3.05, 3.63) is 33.4 Å². The predicted octanol–water partition coefficient (Wildman–Crippen LogP) is 2.52. The Morgan fingerprint density at radius 3 is 2.50 bits per heavy atom. The normalized spacial score (nSPS) is 13.7. The van der Waals surface area contributed by atoms with Crippen molar-refractivity contribution in [1.29, 1.82) is 0 Å². The minimum absolute atomic E-state index is 0.128. The molecule has 0 radical (unpaired) electrons. The van der Waals surface area contributed by atoms with Gasteiger partial charge in [0.2, 0.25) is 0 Å². The van der Waals surface area contributed by atoms with Gasteiger partial charge in [-0.3, -0.25) is 9.59 Å². The summed E-state index contributed by atoms with van der Waals surface area (Å²) in [7, 11) is 0. The van der Waals surface area contributed by atoms with Gasteiger partial charge in [-0.25, -0.2) is 0 Å². The van der Waals surface area contributed by atoms with Crippen LogP contribution >= 0.6 is 22.6 Å². The molecule has 1 rings (SSSR count). The minimum Gasteiger partial charge on any atom is -0.481 e. The third-order valence-corrected chi connectivity index (χ3v) is 3.99. The van der Waals surface area contributed by atoms with Crippen LogP contribution in [-0.2, 0) is 4.79 Å². The van der Waals surface area contributed by atoms with E-state index in [4.69, 9.17) is 5.11 Å². The van der Waals surface area contributed by atoms with Gasteiger partial charge in [0.25, 0.3) is 5.91 Å². The molecule has 1 atom stereocenters. The summed E-state index contributed by atoms with van der Waals surface area (Å²) in [6, 6.07) is 7.20. The Balaban J connectivity index is 2.73. The zero-order chi connectivity index (χ0) is 13.8. The number of aliphatic carboxylic acids is 1. The molecule has 0 saturated carbocycles. The summed E-state index contributed by atoms with van der Waals surface area (Å²) in [5.74, 6) is -1.13. The maximum Gasteiger partial charge on any atom is 0.311 e. The molecule has 2 N–H and O–H groups in total. The number of carboxylic acid groups (broad SMARTS) is 1. The van der Waals surface area contributed by atoms with Crippen molar-refractivity contribution in [2.24, 2.45) is 5.41 Å². The molecule has 1 amide bonds. The second kappa shape index (κ2) is 6.17. The maximum atomic E-state index is 11.9. The van der Waals surface area contributed by atoms with Gasteiger partial charge in [-0.15, -0.1) is 0 Å². The molecule has 0 aliphatic rings. The van der Waals surface area contributed by atoms with Crippen LogP contribution in [0.4, 0.5) is 0 Å². The third-order valence-electron chi connectivity index (χ3n) is 3.05. The van der Waals surface area contributed by atoms with E-state index >= 15 is 0 Å². The number of hydrogen-bond acceptors (Lipinski definition) is 2. The monoisotopic (exact) mass is 361 g/mol. The van der Waals surface area contributed by atoms with Crippen LogP contribution in [0.15, 0.2) is 24.3 Å². The summed E-state index contributed by atoms with van der Waals surface area (Å²) in [5, 5.41) is 11.8. The van der Waals surface area contributed by atoms with Gasteiger partial charge in [0.15, 0.2) is 0 Å². The molecule has 0 heterocycles. The molecule has 18 heavy (non-hydrogen) atoms. The molecule has 0 aromatic heterocycles. The van der Waals surface area contributed by atoms with Gasteiger partial charge in [0.1, 0.15) is 0 Å². The summed E-state index contributed by atoms with van der Waals surface area (Å²) in [4.78, 5) is 23.1. The fourth-order valence-corrected chi connectivity index (χ4v) is 2.00. The number of hydrogen-bond donors (Lipinski definition) is 2. The van der Waals surface area contributed by atoms with Crippen molar-refractivity contribution in [1.82, 2.24) is 5.32 Å². The highest BCUT2D eigenvalue weighted by Crippen LogP contribution is 2.20. The maximum absolute atomic E-state index is 11.9. The van der Waals surface area contributed by atoms with Crippen LogP contribution in [0.1, 0.15) is 30.6 Å². The smallest absolute Gasteiger partial charge is 0.311 e. The van der Waals surface area contributed by atoms with Crippen LogP contribution < -0.4 is 5.32 Å². The topological polar surface area (TPSA) is 66.4 Å². The first-order valence-corrected chi connectivity index (χ1v) is 6.74. The third kappa shape index (κ3) is 3.44. The van der Waals surface area contributed by atoms with Crippen LogP contribution in [-0.4, -0.2) is 23.5 Å². The first kappa shape index (κ1) is 14.9. The number of carbonyl (C=O) groups is 2. The first-order chi connectivity index (χ1) is 8.40. The Morgan fingerprint density at radius 1 is 1.39 bits per heavy atom. The average molecular weight is 361 g/mol. The van der Waals surface area contributed by atoms with E-state index in [1.54, 1.807) is 26.0 Å². The molecule has 0 saturated heterocycles. The van der Waals surface area contributed by atoms with Crippen molar-refractivity contribution in [3.63, 3.8) is 0 Å². The van der Waals surface area contributed by atoms with E-state index in [2.05, 4.69) is 27.9 Å². The molecular weight excluding hydrogens is 345 g/mol. The van der Waals surface area contributed by atoms with E-state index in [1.807, 2.05) is 12.1 Å². The molecule has 0 aliphatic carbocycles. The first-order valence-electron chi connectivity index (χ1n) is 5.67. The highest BCUT2D eigenvalue weighted by molar-refractivity contribution is 14.1. The molecule has 1 aromatic rings. The average Bonchev–Trinajstić information content (AvgIpc) is 2.35. The highest BCUT2D eigenvalue weighted by Gasteiger charge is 2.31. The summed E-state index contributed by atoms with van der Waals surface area (Å²) in [6.45, 7) is 3.56. The zero-order valence-electron chi connectivity index (χ0n) is 10.4. The number of carboxylic acids is 1. The number of rotatable bonds is 5. The van der Waals surface area contributed by atoms with E-state index in [9.17, 15) is 9.59 Å². The molecule has 0 aliphatic heterocycles. The molecule has 4 nitrogen and oxygen atoms in total. The van der Waals surface area contributed by atoms with Crippen LogP contribution in [0.5, 0.6) is 0 Å². The van der Waals surface area contributed by atoms with Crippen LogP contribution in [0.25, 0.3) is 0 Å². The standard InChI is InChI=1S/C13H16INO3/c1-3-13(2,12(17)18)8-15-11(16)9-6-4-5-7-10(9)14/h4-7H,3,8H2,1-2H3,(H,15,16)(H,17,18). The van der Waals surface area contributed by atoms with E-state index in [-0.39, 0.29) is 12.5 Å². The van der Waals surface area contributed by atoms with Crippen LogP contribution in [0.2, 0.25) is 0 Å². The van der Waals surface area contributed by atoms with Crippen molar-refractivity contribution in [3.8, 4) is 0 Å². The van der Waals surface area contributed by atoms with Crippen molar-refractivity contribution >= 4 is 34.5 Å². The molecule has 1 unspecified atom stereocenters. The number of carbonyl (C=O) groups excluding carboxylic acids is 1. The SMILES string of the molecule is CCC(C)(CNC(=O)c1ccccc1I)C(=O)O. The molecule has 5 heteroatoms. The fraction of sp³-hybridized carbons (Fsp3) is 0.385. The van der Waals surface area contributed by atoms with Gasteiger partial charge in [-0.1, -0.05) is 19.1 Å². The lowest BCUT2D eigenvalue weighted by molar-refractivity contribution is -0.147. The highest BCUT2D eigenvalue weighted by atomic mass is 127. The second-order valence-electron chi connectivity index (χ2n) is 4.38. The van der Waals surface area contributed by atoms with Crippen molar-refractivity contribution in [2.45, 2.75) is 20.3 Å². The number of nitrogens with one attached hydrogen (secondary N) is 1. The lowest BCUT2D eigenvalue weighted by atomic mass is 9.87. The summed E-state index contributed by atoms with van der Waals surface area (Å²) in [6.07, 6.45) is 0.467. The Hall–Kier alpha value is -1.11. The fourth-order valence-electron chi connectivity index (χ4n) is 1.37. The van der Waals surface area contributed by atoms with Crippen LogP contribution in [0.3, 0.4) is 0 Å². The largest absolute Gasteiger partial charge is 0.481 e. The van der Waals surface area contributed by atoms with Crippen molar-refractivity contribution < 1.29 is 14.7 Å². The molecule has 0 bridgehead atoms. The van der Waals surface area contributed by atoms with Gasteiger partial charge < -0.3 is 10.4 Å². The van der Waals surface area contributed by atoms with Crippen LogP contribution in [0, 0.1) is 8.99 Å². The Morgan fingerprint density at radius 2 is 2.00 bits per heavy atom. The number of benzene rings is 1. The quantitative estimate of drug-likeness (QED) is 0.793. The Kier molecular flexibility index (Phi) is 5.13. The van der Waals surface area contributed by atoms with Gasteiger partial charge in [0, 0.05) is 10.1 Å².